The van der Waals surface area contributed by atoms with Crippen molar-refractivity contribution in [3.63, 3.8) is 0 Å². The SMILES string of the molecule is CC(=O)NCCCN=C(NCCCN1CCOCC1)NCCc1ccco1.I. The first-order chi connectivity index (χ1) is 13.2. The number of nitrogens with one attached hydrogen (secondary N) is 3. The Morgan fingerprint density at radius 2 is 1.89 bits per heavy atom. The number of hydrogen-bond acceptors (Lipinski definition) is 5. The zero-order valence-electron chi connectivity index (χ0n) is 16.7. The highest BCUT2D eigenvalue weighted by Gasteiger charge is 2.09. The number of hydrogen-bond donors (Lipinski definition) is 3. The predicted molar refractivity (Wildman–Crippen MR) is 121 cm³/mol. The van der Waals surface area contributed by atoms with E-state index in [1.807, 2.05) is 12.1 Å². The van der Waals surface area contributed by atoms with Gasteiger partial charge < -0.3 is 25.1 Å². The molecule has 1 aromatic heterocycles. The molecule has 1 fully saturated rings. The summed E-state index contributed by atoms with van der Waals surface area (Å²) in [5, 5.41) is 9.55. The zero-order valence-corrected chi connectivity index (χ0v) is 19.1. The molecule has 1 amide bonds. The number of rotatable bonds is 11. The van der Waals surface area contributed by atoms with Crippen molar-refractivity contribution in [2.45, 2.75) is 26.2 Å². The van der Waals surface area contributed by atoms with Gasteiger partial charge in [0.15, 0.2) is 5.96 Å². The Labute approximate surface area is 184 Å². The molecule has 1 saturated heterocycles. The minimum atomic E-state index is -0.00277. The van der Waals surface area contributed by atoms with Gasteiger partial charge in [0, 0.05) is 52.6 Å². The second kappa shape index (κ2) is 15.6. The Kier molecular flexibility index (Phi) is 13.7. The first-order valence-electron chi connectivity index (χ1n) is 9.83. The highest BCUT2D eigenvalue weighted by Crippen LogP contribution is 1.99. The normalized spacial score (nSPS) is 15.0. The maximum atomic E-state index is 10.9. The Morgan fingerprint density at radius 3 is 2.61 bits per heavy atom. The molecule has 1 aromatic rings. The number of nitrogens with zero attached hydrogens (tertiary/aromatic N) is 2. The second-order valence-corrected chi connectivity index (χ2v) is 6.56. The van der Waals surface area contributed by atoms with Crippen molar-refractivity contribution in [1.82, 2.24) is 20.9 Å². The third-order valence-electron chi connectivity index (χ3n) is 4.27. The maximum Gasteiger partial charge on any atom is 0.216 e. The smallest absolute Gasteiger partial charge is 0.216 e. The minimum absolute atomic E-state index is 0. The molecular formula is C19H34IN5O3. The van der Waals surface area contributed by atoms with Gasteiger partial charge in [0.1, 0.15) is 5.76 Å². The average molecular weight is 507 g/mol. The van der Waals surface area contributed by atoms with Crippen molar-refractivity contribution in [2.75, 3.05) is 59.0 Å². The number of furan rings is 1. The first kappa shape index (κ1) is 24.7. The topological polar surface area (TPSA) is 91.1 Å². The Bertz CT molecular complexity index is 548. The lowest BCUT2D eigenvalue weighted by Gasteiger charge is -2.26. The number of carbonyl (C=O) groups excluding carboxylic acids is 1. The molecular weight excluding hydrogens is 473 g/mol. The quantitative estimate of drug-likeness (QED) is 0.181. The molecule has 2 heterocycles. The van der Waals surface area contributed by atoms with Gasteiger partial charge in [0.2, 0.25) is 5.91 Å². The van der Waals surface area contributed by atoms with Gasteiger partial charge in [-0.15, -0.1) is 24.0 Å². The van der Waals surface area contributed by atoms with Crippen LogP contribution >= 0.6 is 24.0 Å². The van der Waals surface area contributed by atoms with Gasteiger partial charge in [-0.3, -0.25) is 14.7 Å². The van der Waals surface area contributed by atoms with E-state index < -0.39 is 0 Å². The number of halogens is 1. The van der Waals surface area contributed by atoms with Crippen LogP contribution in [0.15, 0.2) is 27.8 Å². The number of aliphatic imine (C=N–C) groups is 1. The standard InChI is InChI=1S/C19H33N5O3.HI/c1-17(25)20-7-3-8-21-19(23-10-6-18-5-2-14-27-18)22-9-4-11-24-12-15-26-16-13-24;/h2,5,14H,3-4,6-13,15-16H2,1H3,(H,20,25)(H2,21,22,23);1H. The fraction of sp³-hybridized carbons (Fsp3) is 0.684. The second-order valence-electron chi connectivity index (χ2n) is 6.56. The van der Waals surface area contributed by atoms with Crippen LogP contribution in [0.5, 0.6) is 0 Å². The maximum absolute atomic E-state index is 10.9. The highest BCUT2D eigenvalue weighted by molar-refractivity contribution is 14.0. The molecule has 0 aromatic carbocycles. The largest absolute Gasteiger partial charge is 0.469 e. The predicted octanol–water partition coefficient (Wildman–Crippen LogP) is 1.22. The van der Waals surface area contributed by atoms with Crippen molar-refractivity contribution in [2.24, 2.45) is 4.99 Å². The van der Waals surface area contributed by atoms with Crippen LogP contribution in [0, 0.1) is 0 Å². The van der Waals surface area contributed by atoms with Gasteiger partial charge >= 0.3 is 0 Å². The van der Waals surface area contributed by atoms with Crippen LogP contribution in [-0.2, 0) is 16.0 Å². The molecule has 160 valence electrons. The summed E-state index contributed by atoms with van der Waals surface area (Å²) < 4.78 is 10.7. The van der Waals surface area contributed by atoms with E-state index in [4.69, 9.17) is 9.15 Å². The number of amides is 1. The van der Waals surface area contributed by atoms with Crippen LogP contribution in [-0.4, -0.2) is 75.8 Å². The fourth-order valence-electron chi connectivity index (χ4n) is 2.80. The van der Waals surface area contributed by atoms with E-state index >= 15 is 0 Å². The van der Waals surface area contributed by atoms with Gasteiger partial charge in [-0.2, -0.15) is 0 Å². The molecule has 28 heavy (non-hydrogen) atoms. The summed E-state index contributed by atoms with van der Waals surface area (Å²) in [6.07, 6.45) is 4.38. The molecule has 0 saturated carbocycles. The van der Waals surface area contributed by atoms with Crippen LogP contribution in [0.1, 0.15) is 25.5 Å². The molecule has 0 spiro atoms. The molecule has 2 rings (SSSR count). The van der Waals surface area contributed by atoms with Gasteiger partial charge in [0.05, 0.1) is 19.5 Å². The summed E-state index contributed by atoms with van der Waals surface area (Å²) in [6.45, 7) is 9.25. The third kappa shape index (κ3) is 11.5. The van der Waals surface area contributed by atoms with E-state index in [0.717, 1.165) is 76.9 Å². The van der Waals surface area contributed by atoms with E-state index in [1.54, 1.807) is 6.26 Å². The molecule has 3 N–H and O–H groups in total. The molecule has 0 aliphatic carbocycles. The van der Waals surface area contributed by atoms with E-state index in [-0.39, 0.29) is 29.9 Å². The van der Waals surface area contributed by atoms with Crippen LogP contribution in [0.2, 0.25) is 0 Å². The monoisotopic (exact) mass is 507 g/mol. The van der Waals surface area contributed by atoms with E-state index in [0.29, 0.717) is 13.1 Å². The Morgan fingerprint density at radius 1 is 1.14 bits per heavy atom. The van der Waals surface area contributed by atoms with Gasteiger partial charge in [-0.25, -0.2) is 0 Å². The highest BCUT2D eigenvalue weighted by atomic mass is 127. The number of morpholine rings is 1. The van der Waals surface area contributed by atoms with E-state index in [1.165, 1.54) is 6.92 Å². The van der Waals surface area contributed by atoms with E-state index in [2.05, 4.69) is 25.8 Å². The average Bonchev–Trinajstić information content (AvgIpc) is 3.18. The summed E-state index contributed by atoms with van der Waals surface area (Å²) in [7, 11) is 0. The summed E-state index contributed by atoms with van der Waals surface area (Å²) in [4.78, 5) is 17.9. The van der Waals surface area contributed by atoms with Crippen molar-refractivity contribution in [3.05, 3.63) is 24.2 Å². The lowest BCUT2D eigenvalue weighted by atomic mass is 10.3. The summed E-state index contributed by atoms with van der Waals surface area (Å²) >= 11 is 0. The lowest BCUT2D eigenvalue weighted by molar-refractivity contribution is -0.118. The van der Waals surface area contributed by atoms with Crippen molar-refractivity contribution in [3.8, 4) is 0 Å². The number of carbonyl (C=O) groups is 1. The molecule has 1 aliphatic heterocycles. The Balaban J connectivity index is 0.00000392. The molecule has 1 aliphatic rings. The molecule has 9 heteroatoms. The molecule has 8 nitrogen and oxygen atoms in total. The van der Waals surface area contributed by atoms with Crippen LogP contribution in [0.4, 0.5) is 0 Å². The third-order valence-corrected chi connectivity index (χ3v) is 4.27. The van der Waals surface area contributed by atoms with Crippen molar-refractivity contribution < 1.29 is 13.9 Å². The molecule has 0 bridgehead atoms. The number of ether oxygens (including phenoxy) is 1. The van der Waals surface area contributed by atoms with Gasteiger partial charge in [0.25, 0.3) is 0 Å². The number of guanidine groups is 1. The minimum Gasteiger partial charge on any atom is -0.469 e. The van der Waals surface area contributed by atoms with Gasteiger partial charge in [-0.1, -0.05) is 0 Å². The summed E-state index contributed by atoms with van der Waals surface area (Å²) in [6, 6.07) is 3.87. The summed E-state index contributed by atoms with van der Waals surface area (Å²) in [5.74, 6) is 1.77. The molecule has 0 radical (unpaired) electrons. The van der Waals surface area contributed by atoms with Crippen LogP contribution in [0.3, 0.4) is 0 Å². The van der Waals surface area contributed by atoms with Crippen LogP contribution < -0.4 is 16.0 Å². The van der Waals surface area contributed by atoms with Crippen LogP contribution in [0.25, 0.3) is 0 Å². The fourth-order valence-corrected chi connectivity index (χ4v) is 2.80. The molecule has 0 unspecified atom stereocenters. The van der Waals surface area contributed by atoms with Crippen molar-refractivity contribution >= 4 is 35.8 Å². The van der Waals surface area contributed by atoms with Gasteiger partial charge in [-0.05, 0) is 31.5 Å². The Hall–Kier alpha value is -1.33. The van der Waals surface area contributed by atoms with E-state index in [9.17, 15) is 4.79 Å². The summed E-state index contributed by atoms with van der Waals surface area (Å²) in [5.41, 5.74) is 0. The molecule has 0 atom stereocenters. The van der Waals surface area contributed by atoms with Crippen molar-refractivity contribution in [1.29, 1.82) is 0 Å². The zero-order chi connectivity index (χ0) is 19.2. The first-order valence-corrected chi connectivity index (χ1v) is 9.83. The lowest BCUT2D eigenvalue weighted by Crippen LogP contribution is -2.41.